The number of para-hydroxylation sites is 1. The van der Waals surface area contributed by atoms with E-state index in [-0.39, 0.29) is 0 Å². The number of rotatable bonds is 6. The molecule has 5 aromatic rings. The summed E-state index contributed by atoms with van der Waals surface area (Å²) in [5, 5.41) is 1.98. The average molecular weight is 410 g/mol. The highest BCUT2D eigenvalue weighted by Gasteiger charge is 2.12. The summed E-state index contributed by atoms with van der Waals surface area (Å²) >= 11 is 0. The first-order valence-electron chi connectivity index (χ1n) is 10.3. The minimum atomic E-state index is -0.427. The van der Waals surface area contributed by atoms with Crippen LogP contribution in [0.3, 0.4) is 0 Å². The molecular weight excluding hydrogens is 388 g/mol. The first-order chi connectivity index (χ1) is 15.1. The van der Waals surface area contributed by atoms with Crippen molar-refractivity contribution in [2.75, 3.05) is 5.73 Å². The summed E-state index contributed by atoms with van der Waals surface area (Å²) in [6, 6.07) is 17.4. The monoisotopic (exact) mass is 410 g/mol. The molecule has 4 N–H and O–H groups in total. The first kappa shape index (κ1) is 19.0. The van der Waals surface area contributed by atoms with Crippen molar-refractivity contribution in [1.29, 1.82) is 0 Å². The molecule has 0 saturated heterocycles. The Labute approximate surface area is 178 Å². The number of hydrogen-bond donors (Lipinski definition) is 2. The van der Waals surface area contributed by atoms with Crippen LogP contribution in [0.25, 0.3) is 32.8 Å². The number of anilines is 1. The quantitative estimate of drug-likeness (QED) is 0.413. The van der Waals surface area contributed by atoms with E-state index in [1.54, 1.807) is 12.1 Å². The molecule has 7 heteroatoms. The lowest BCUT2D eigenvalue weighted by atomic mass is 10.1. The standard InChI is InChI=1S/C24H22N6O/c25-23-21-22(18-6-1-2-7-20(18)29-23)30(14-27-21)12-4-3-5-17-10-8-15-13-16(24(26)31)9-11-19(15)28-17/h1-2,6-11,13-14H,3-5,12H2,(H2,25,29)(H2,26,31). The zero-order valence-corrected chi connectivity index (χ0v) is 17.0. The second kappa shape index (κ2) is 7.68. The number of hydrogen-bond acceptors (Lipinski definition) is 5. The summed E-state index contributed by atoms with van der Waals surface area (Å²) in [5.41, 5.74) is 16.6. The molecule has 0 aliphatic rings. The van der Waals surface area contributed by atoms with Gasteiger partial charge in [-0.1, -0.05) is 24.3 Å². The van der Waals surface area contributed by atoms with Gasteiger partial charge in [0.1, 0.15) is 5.52 Å². The second-order valence-electron chi connectivity index (χ2n) is 7.68. The van der Waals surface area contributed by atoms with Crippen LogP contribution < -0.4 is 11.5 Å². The van der Waals surface area contributed by atoms with Crippen LogP contribution in [0.1, 0.15) is 28.9 Å². The number of nitrogen functional groups attached to an aromatic ring is 1. The molecule has 0 bridgehead atoms. The topological polar surface area (TPSA) is 113 Å². The van der Waals surface area contributed by atoms with Gasteiger partial charge in [-0.05, 0) is 49.6 Å². The number of benzene rings is 2. The number of imidazole rings is 1. The van der Waals surface area contributed by atoms with Crippen molar-refractivity contribution < 1.29 is 4.79 Å². The fourth-order valence-electron chi connectivity index (χ4n) is 4.02. The SMILES string of the molecule is NC(=O)c1ccc2nc(CCCCn3cnc4c(N)nc5ccccc5c43)ccc2c1. The van der Waals surface area contributed by atoms with E-state index in [1.165, 1.54) is 0 Å². The van der Waals surface area contributed by atoms with E-state index in [1.807, 2.05) is 42.7 Å². The number of carbonyl (C=O) groups excluding carboxylic acids is 1. The molecule has 0 fully saturated rings. The maximum atomic E-state index is 11.3. The predicted octanol–water partition coefficient (Wildman–Crippen LogP) is 3.84. The highest BCUT2D eigenvalue weighted by atomic mass is 16.1. The summed E-state index contributed by atoms with van der Waals surface area (Å²) in [5.74, 6) is 0.0376. The third kappa shape index (κ3) is 3.54. The summed E-state index contributed by atoms with van der Waals surface area (Å²) in [4.78, 5) is 25.0. The van der Waals surface area contributed by atoms with Crippen molar-refractivity contribution in [2.24, 2.45) is 5.73 Å². The number of fused-ring (bicyclic) bond motifs is 4. The fourth-order valence-corrected chi connectivity index (χ4v) is 4.02. The van der Waals surface area contributed by atoms with E-state index in [0.717, 1.165) is 64.3 Å². The van der Waals surface area contributed by atoms with Crippen LogP contribution in [-0.4, -0.2) is 25.4 Å². The van der Waals surface area contributed by atoms with Gasteiger partial charge in [0.05, 0.1) is 22.9 Å². The average Bonchev–Trinajstić information content (AvgIpc) is 3.21. The molecule has 154 valence electrons. The molecule has 5 rings (SSSR count). The normalized spacial score (nSPS) is 11.5. The van der Waals surface area contributed by atoms with Crippen LogP contribution in [0.4, 0.5) is 5.82 Å². The van der Waals surface area contributed by atoms with Gasteiger partial charge in [0.15, 0.2) is 5.82 Å². The molecule has 1 amide bonds. The summed E-state index contributed by atoms with van der Waals surface area (Å²) in [6.07, 6.45) is 4.71. The van der Waals surface area contributed by atoms with Gasteiger partial charge < -0.3 is 16.0 Å². The molecule has 31 heavy (non-hydrogen) atoms. The Balaban J connectivity index is 1.30. The lowest BCUT2D eigenvalue weighted by Gasteiger charge is -2.08. The van der Waals surface area contributed by atoms with Gasteiger partial charge in [0, 0.05) is 28.6 Å². The lowest BCUT2D eigenvalue weighted by molar-refractivity contribution is 0.100. The van der Waals surface area contributed by atoms with Crippen molar-refractivity contribution in [3.05, 3.63) is 72.2 Å². The maximum Gasteiger partial charge on any atom is 0.248 e. The maximum absolute atomic E-state index is 11.3. The number of aromatic nitrogens is 4. The number of pyridine rings is 2. The van der Waals surface area contributed by atoms with Gasteiger partial charge in [-0.2, -0.15) is 0 Å². The van der Waals surface area contributed by atoms with Crippen LogP contribution in [0.15, 0.2) is 60.9 Å². The summed E-state index contributed by atoms with van der Waals surface area (Å²) < 4.78 is 2.16. The Hall–Kier alpha value is -4.00. The molecule has 0 aliphatic heterocycles. The van der Waals surface area contributed by atoms with Gasteiger partial charge in [-0.3, -0.25) is 9.78 Å². The molecule has 7 nitrogen and oxygen atoms in total. The van der Waals surface area contributed by atoms with E-state index in [4.69, 9.17) is 16.5 Å². The van der Waals surface area contributed by atoms with Crippen molar-refractivity contribution in [3.63, 3.8) is 0 Å². The minimum Gasteiger partial charge on any atom is -0.382 e. The van der Waals surface area contributed by atoms with Crippen LogP contribution in [-0.2, 0) is 13.0 Å². The molecule has 0 saturated carbocycles. The Kier molecular flexibility index (Phi) is 4.71. The molecule has 2 aromatic carbocycles. The van der Waals surface area contributed by atoms with Crippen LogP contribution in [0.5, 0.6) is 0 Å². The fraction of sp³-hybridized carbons (Fsp3) is 0.167. The number of primary amides is 1. The van der Waals surface area contributed by atoms with Crippen molar-refractivity contribution in [2.45, 2.75) is 25.8 Å². The Morgan fingerprint density at radius 2 is 1.84 bits per heavy atom. The van der Waals surface area contributed by atoms with E-state index in [0.29, 0.717) is 11.4 Å². The first-order valence-corrected chi connectivity index (χ1v) is 10.3. The lowest BCUT2D eigenvalue weighted by Crippen LogP contribution is -2.10. The van der Waals surface area contributed by atoms with Crippen LogP contribution in [0.2, 0.25) is 0 Å². The van der Waals surface area contributed by atoms with Gasteiger partial charge in [0.2, 0.25) is 5.91 Å². The zero-order chi connectivity index (χ0) is 21.4. The van der Waals surface area contributed by atoms with Crippen LogP contribution >= 0.6 is 0 Å². The van der Waals surface area contributed by atoms with E-state index < -0.39 is 5.91 Å². The third-order valence-electron chi connectivity index (χ3n) is 5.59. The van der Waals surface area contributed by atoms with Crippen molar-refractivity contribution in [1.82, 2.24) is 19.5 Å². The smallest absolute Gasteiger partial charge is 0.248 e. The second-order valence-corrected chi connectivity index (χ2v) is 7.68. The van der Waals surface area contributed by atoms with Gasteiger partial charge >= 0.3 is 0 Å². The number of nitrogens with two attached hydrogens (primary N) is 2. The number of carbonyl (C=O) groups is 1. The zero-order valence-electron chi connectivity index (χ0n) is 17.0. The number of aryl methyl sites for hydroxylation is 2. The summed E-state index contributed by atoms with van der Waals surface area (Å²) in [7, 11) is 0. The molecule has 3 heterocycles. The highest BCUT2D eigenvalue weighted by molar-refractivity contribution is 6.06. The van der Waals surface area contributed by atoms with Gasteiger partial charge in [0.25, 0.3) is 0 Å². The molecule has 0 atom stereocenters. The Morgan fingerprint density at radius 1 is 0.968 bits per heavy atom. The predicted molar refractivity (Wildman–Crippen MR) is 123 cm³/mol. The number of amides is 1. The third-order valence-corrected chi connectivity index (χ3v) is 5.59. The Morgan fingerprint density at radius 3 is 2.71 bits per heavy atom. The number of nitrogens with zero attached hydrogens (tertiary/aromatic N) is 4. The molecular formula is C24H22N6O. The van der Waals surface area contributed by atoms with Crippen molar-refractivity contribution >= 4 is 44.6 Å². The van der Waals surface area contributed by atoms with Gasteiger partial charge in [-0.25, -0.2) is 9.97 Å². The van der Waals surface area contributed by atoms with Crippen molar-refractivity contribution in [3.8, 4) is 0 Å². The summed E-state index contributed by atoms with van der Waals surface area (Å²) in [6.45, 7) is 0.847. The van der Waals surface area contributed by atoms with E-state index in [9.17, 15) is 4.79 Å². The molecule has 0 radical (unpaired) electrons. The molecule has 0 spiro atoms. The minimum absolute atomic E-state index is 0.427. The Bertz CT molecular complexity index is 1440. The molecule has 3 aromatic heterocycles. The largest absolute Gasteiger partial charge is 0.382 e. The van der Waals surface area contributed by atoms with Gasteiger partial charge in [-0.15, -0.1) is 0 Å². The molecule has 0 aliphatic carbocycles. The van der Waals surface area contributed by atoms with E-state index >= 15 is 0 Å². The number of unbranched alkanes of at least 4 members (excludes halogenated alkanes) is 1. The van der Waals surface area contributed by atoms with E-state index in [2.05, 4.69) is 20.6 Å². The molecule has 0 unspecified atom stereocenters. The van der Waals surface area contributed by atoms with Crippen LogP contribution in [0, 0.1) is 0 Å². The highest BCUT2D eigenvalue weighted by Crippen LogP contribution is 2.27.